The molecule has 162 valence electrons. The highest BCUT2D eigenvalue weighted by Gasteiger charge is 2.22. The molecule has 0 bridgehead atoms. The van der Waals surface area contributed by atoms with Gasteiger partial charge in [-0.05, 0) is 50.2 Å². The summed E-state index contributed by atoms with van der Waals surface area (Å²) >= 11 is 6.25. The highest BCUT2D eigenvalue weighted by molar-refractivity contribution is 6.31. The zero-order chi connectivity index (χ0) is 21.8. The monoisotopic (exact) mass is 438 g/mol. The molecule has 0 unspecified atom stereocenters. The van der Waals surface area contributed by atoms with Crippen molar-refractivity contribution in [1.82, 2.24) is 19.6 Å². The number of rotatable bonds is 6. The molecule has 0 radical (unpaired) electrons. The van der Waals surface area contributed by atoms with Gasteiger partial charge in [-0.2, -0.15) is 5.10 Å². The Bertz CT molecular complexity index is 1030. The molecule has 7 heteroatoms. The summed E-state index contributed by atoms with van der Waals surface area (Å²) < 4.78 is 7.59. The molecule has 0 N–H and O–H groups in total. The molecule has 0 saturated carbocycles. The molecule has 1 aliphatic rings. The normalized spacial score (nSPS) is 14.6. The third-order valence-corrected chi connectivity index (χ3v) is 6.19. The molecule has 6 nitrogen and oxygen atoms in total. The maximum Gasteiger partial charge on any atom is 0.253 e. The molecule has 1 aromatic heterocycles. The molecular weight excluding hydrogens is 412 g/mol. The topological polar surface area (TPSA) is 50.6 Å². The molecule has 1 saturated heterocycles. The van der Waals surface area contributed by atoms with Gasteiger partial charge in [0.2, 0.25) is 0 Å². The number of aryl methyl sites for hydroxylation is 1. The molecule has 0 atom stereocenters. The van der Waals surface area contributed by atoms with Crippen LogP contribution in [0.25, 0.3) is 5.69 Å². The van der Waals surface area contributed by atoms with Crippen LogP contribution in [0.5, 0.6) is 5.75 Å². The molecule has 1 aliphatic heterocycles. The van der Waals surface area contributed by atoms with Crippen LogP contribution >= 0.6 is 11.6 Å². The number of ether oxygens (including phenoxy) is 1. The summed E-state index contributed by atoms with van der Waals surface area (Å²) in [4.78, 5) is 17.2. The van der Waals surface area contributed by atoms with Gasteiger partial charge in [-0.1, -0.05) is 29.8 Å². The Hall–Kier alpha value is -2.83. The third kappa shape index (κ3) is 4.92. The van der Waals surface area contributed by atoms with Gasteiger partial charge in [0.05, 0.1) is 22.1 Å². The second-order valence-electron chi connectivity index (χ2n) is 7.74. The lowest BCUT2D eigenvalue weighted by Crippen LogP contribution is -2.49. The number of hydrogen-bond acceptors (Lipinski definition) is 4. The van der Waals surface area contributed by atoms with E-state index in [-0.39, 0.29) is 5.91 Å². The lowest BCUT2D eigenvalue weighted by molar-refractivity contribution is 0.0620. The van der Waals surface area contributed by atoms with Crippen LogP contribution in [0.15, 0.2) is 54.6 Å². The van der Waals surface area contributed by atoms with Crippen LogP contribution in [-0.2, 0) is 0 Å². The zero-order valence-corrected chi connectivity index (χ0v) is 18.7. The van der Waals surface area contributed by atoms with Crippen molar-refractivity contribution in [2.75, 3.05) is 39.3 Å². The van der Waals surface area contributed by atoms with E-state index in [2.05, 4.69) is 10.00 Å². The van der Waals surface area contributed by atoms with E-state index in [1.807, 2.05) is 78.0 Å². The molecule has 1 amide bonds. The van der Waals surface area contributed by atoms with Gasteiger partial charge in [0.1, 0.15) is 12.4 Å². The molecule has 3 aromatic rings. The summed E-state index contributed by atoms with van der Waals surface area (Å²) in [7, 11) is 0. The number of para-hydroxylation sites is 1. The Morgan fingerprint density at radius 3 is 2.29 bits per heavy atom. The Labute approximate surface area is 188 Å². The van der Waals surface area contributed by atoms with Crippen molar-refractivity contribution < 1.29 is 9.53 Å². The Balaban J connectivity index is 1.29. The van der Waals surface area contributed by atoms with E-state index in [0.717, 1.165) is 55.5 Å². The fraction of sp³-hybridized carbons (Fsp3) is 0.333. The van der Waals surface area contributed by atoms with Crippen LogP contribution in [0.2, 0.25) is 5.02 Å². The van der Waals surface area contributed by atoms with Gasteiger partial charge in [-0.3, -0.25) is 9.69 Å². The van der Waals surface area contributed by atoms with Gasteiger partial charge in [0.25, 0.3) is 5.91 Å². The molecule has 1 fully saturated rings. The lowest BCUT2D eigenvalue weighted by atomic mass is 10.1. The number of aromatic nitrogens is 2. The largest absolute Gasteiger partial charge is 0.492 e. The number of carbonyl (C=O) groups is 1. The number of carbonyl (C=O) groups excluding carboxylic acids is 1. The van der Waals surface area contributed by atoms with Gasteiger partial charge in [-0.25, -0.2) is 4.68 Å². The minimum atomic E-state index is 0.0677. The van der Waals surface area contributed by atoms with Crippen molar-refractivity contribution in [2.45, 2.75) is 13.8 Å². The van der Waals surface area contributed by atoms with Gasteiger partial charge in [0, 0.05) is 38.3 Å². The van der Waals surface area contributed by atoms with E-state index < -0.39 is 0 Å². The number of benzene rings is 2. The van der Waals surface area contributed by atoms with Crippen molar-refractivity contribution in [3.8, 4) is 11.4 Å². The second-order valence-corrected chi connectivity index (χ2v) is 8.12. The summed E-state index contributed by atoms with van der Waals surface area (Å²) in [5.74, 6) is 0.959. The molecule has 4 rings (SSSR count). The van der Waals surface area contributed by atoms with E-state index in [1.54, 1.807) is 0 Å². The molecule has 0 spiro atoms. The van der Waals surface area contributed by atoms with Crippen LogP contribution in [0, 0.1) is 13.8 Å². The number of hydrogen-bond donors (Lipinski definition) is 0. The molecule has 0 aliphatic carbocycles. The summed E-state index contributed by atoms with van der Waals surface area (Å²) in [5.41, 5.74) is 3.28. The number of piperazine rings is 1. The number of amides is 1. The van der Waals surface area contributed by atoms with Crippen molar-refractivity contribution >= 4 is 17.5 Å². The van der Waals surface area contributed by atoms with Gasteiger partial charge >= 0.3 is 0 Å². The summed E-state index contributed by atoms with van der Waals surface area (Å²) in [5, 5.41) is 5.14. The fourth-order valence-corrected chi connectivity index (χ4v) is 3.90. The van der Waals surface area contributed by atoms with E-state index >= 15 is 0 Å². The van der Waals surface area contributed by atoms with Crippen LogP contribution < -0.4 is 4.74 Å². The molecule has 31 heavy (non-hydrogen) atoms. The average Bonchev–Trinajstić information content (AvgIpc) is 3.07. The summed E-state index contributed by atoms with van der Waals surface area (Å²) in [6, 6.07) is 17.4. The minimum Gasteiger partial charge on any atom is -0.492 e. The first-order valence-electron chi connectivity index (χ1n) is 10.5. The van der Waals surface area contributed by atoms with Crippen molar-refractivity contribution in [2.24, 2.45) is 0 Å². The van der Waals surface area contributed by atoms with E-state index in [0.29, 0.717) is 17.2 Å². The number of nitrogens with zero attached hydrogens (tertiary/aromatic N) is 4. The average molecular weight is 439 g/mol. The summed E-state index contributed by atoms with van der Waals surface area (Å²) in [6.45, 7) is 8.48. The quantitative estimate of drug-likeness (QED) is 0.584. The Kier molecular flexibility index (Phi) is 6.59. The SMILES string of the molecule is Cc1nn(-c2ccc(C(=O)N3CCN(CCOc4ccccc4)CC3)cc2)c(C)c1Cl. The first-order chi connectivity index (χ1) is 15.0. The van der Waals surface area contributed by atoms with E-state index in [4.69, 9.17) is 16.3 Å². The minimum absolute atomic E-state index is 0.0677. The molecule has 2 aromatic carbocycles. The van der Waals surface area contributed by atoms with Gasteiger partial charge < -0.3 is 9.64 Å². The van der Waals surface area contributed by atoms with E-state index in [9.17, 15) is 4.79 Å². The van der Waals surface area contributed by atoms with Crippen LogP contribution in [-0.4, -0.2) is 64.8 Å². The van der Waals surface area contributed by atoms with Gasteiger partial charge in [0.15, 0.2) is 0 Å². The van der Waals surface area contributed by atoms with Crippen LogP contribution in [0.4, 0.5) is 0 Å². The summed E-state index contributed by atoms with van der Waals surface area (Å²) in [6.07, 6.45) is 0. The standard InChI is InChI=1S/C24H27ClN4O2/c1-18-23(25)19(2)29(26-18)21-10-8-20(9-11-21)24(30)28-14-12-27(13-15-28)16-17-31-22-6-4-3-5-7-22/h3-11H,12-17H2,1-2H3. The second kappa shape index (κ2) is 9.54. The Morgan fingerprint density at radius 2 is 1.68 bits per heavy atom. The molecular formula is C24H27ClN4O2. The molecule has 2 heterocycles. The maximum atomic E-state index is 12.9. The first-order valence-corrected chi connectivity index (χ1v) is 10.9. The van der Waals surface area contributed by atoms with Crippen molar-refractivity contribution in [3.05, 3.63) is 76.6 Å². The third-order valence-electron chi connectivity index (χ3n) is 5.64. The first kappa shape index (κ1) is 21.4. The predicted octanol–water partition coefficient (Wildman–Crippen LogP) is 3.98. The highest BCUT2D eigenvalue weighted by Crippen LogP contribution is 2.22. The Morgan fingerprint density at radius 1 is 1.00 bits per heavy atom. The van der Waals surface area contributed by atoms with Crippen molar-refractivity contribution in [1.29, 1.82) is 0 Å². The lowest BCUT2D eigenvalue weighted by Gasteiger charge is -2.34. The predicted molar refractivity (Wildman–Crippen MR) is 122 cm³/mol. The maximum absolute atomic E-state index is 12.9. The zero-order valence-electron chi connectivity index (χ0n) is 17.9. The van der Waals surface area contributed by atoms with E-state index in [1.165, 1.54) is 0 Å². The fourth-order valence-electron chi connectivity index (χ4n) is 3.79. The van der Waals surface area contributed by atoms with Crippen LogP contribution in [0.1, 0.15) is 21.7 Å². The van der Waals surface area contributed by atoms with Gasteiger partial charge in [-0.15, -0.1) is 0 Å². The smallest absolute Gasteiger partial charge is 0.253 e. The number of halogens is 1. The van der Waals surface area contributed by atoms with Crippen molar-refractivity contribution in [3.63, 3.8) is 0 Å². The van der Waals surface area contributed by atoms with Crippen LogP contribution in [0.3, 0.4) is 0 Å². The highest BCUT2D eigenvalue weighted by atomic mass is 35.5.